The van der Waals surface area contributed by atoms with Crippen LogP contribution in [0.25, 0.3) is 0 Å². The fourth-order valence-corrected chi connectivity index (χ4v) is 2.90. The number of benzene rings is 1. The molecule has 1 atom stereocenters. The van der Waals surface area contributed by atoms with Gasteiger partial charge in [0.25, 0.3) is 0 Å². The number of hydrogen-bond donors (Lipinski definition) is 2. The van der Waals surface area contributed by atoms with Gasteiger partial charge in [0.1, 0.15) is 5.76 Å². The summed E-state index contributed by atoms with van der Waals surface area (Å²) in [6.45, 7) is 0. The minimum absolute atomic E-state index is 0.0491. The van der Waals surface area contributed by atoms with E-state index in [1.807, 2.05) is 6.07 Å². The molecule has 3 rings (SSSR count). The van der Waals surface area contributed by atoms with E-state index in [1.54, 1.807) is 6.07 Å². The number of hydrazine groups is 1. The van der Waals surface area contributed by atoms with Gasteiger partial charge in [-0.3, -0.25) is 5.84 Å². The molecule has 0 saturated heterocycles. The van der Waals surface area contributed by atoms with Crippen LogP contribution in [0.1, 0.15) is 34.9 Å². The SMILES string of the molecule is NNC(Cc1ccc2c(c1)CCC2)c1ccc(Cl)o1. The van der Waals surface area contributed by atoms with Crippen LogP contribution in [-0.4, -0.2) is 0 Å². The summed E-state index contributed by atoms with van der Waals surface area (Å²) in [5.41, 5.74) is 7.04. The fraction of sp³-hybridized carbons (Fsp3) is 0.333. The second-order valence-electron chi connectivity index (χ2n) is 5.02. The van der Waals surface area contributed by atoms with E-state index in [4.69, 9.17) is 21.9 Å². The van der Waals surface area contributed by atoms with E-state index >= 15 is 0 Å². The molecule has 19 heavy (non-hydrogen) atoms. The number of halogens is 1. The van der Waals surface area contributed by atoms with Crippen LogP contribution in [0.3, 0.4) is 0 Å². The molecule has 0 fully saturated rings. The minimum atomic E-state index is -0.0491. The van der Waals surface area contributed by atoms with Crippen LogP contribution < -0.4 is 11.3 Å². The molecule has 1 aliphatic rings. The largest absolute Gasteiger partial charge is 0.448 e. The van der Waals surface area contributed by atoms with Crippen LogP contribution >= 0.6 is 11.6 Å². The predicted octanol–water partition coefficient (Wildman–Crippen LogP) is 3.17. The van der Waals surface area contributed by atoms with E-state index in [2.05, 4.69) is 23.6 Å². The summed E-state index contributed by atoms with van der Waals surface area (Å²) >= 11 is 5.81. The first-order valence-corrected chi connectivity index (χ1v) is 6.96. The summed E-state index contributed by atoms with van der Waals surface area (Å²) in [6, 6.07) is 10.3. The van der Waals surface area contributed by atoms with E-state index in [1.165, 1.54) is 36.0 Å². The van der Waals surface area contributed by atoms with Gasteiger partial charge in [-0.15, -0.1) is 0 Å². The highest BCUT2D eigenvalue weighted by Gasteiger charge is 2.16. The summed E-state index contributed by atoms with van der Waals surface area (Å²) < 4.78 is 5.42. The van der Waals surface area contributed by atoms with Gasteiger partial charge in [0.2, 0.25) is 0 Å². The first-order valence-electron chi connectivity index (χ1n) is 6.58. The molecular formula is C15H17ClN2O. The Balaban J connectivity index is 1.79. The molecular weight excluding hydrogens is 260 g/mol. The zero-order valence-corrected chi connectivity index (χ0v) is 11.4. The van der Waals surface area contributed by atoms with E-state index in [9.17, 15) is 0 Å². The Morgan fingerprint density at radius 1 is 1.21 bits per heavy atom. The lowest BCUT2D eigenvalue weighted by molar-refractivity contribution is 0.417. The van der Waals surface area contributed by atoms with Gasteiger partial charge >= 0.3 is 0 Å². The third-order valence-electron chi connectivity index (χ3n) is 3.74. The van der Waals surface area contributed by atoms with Crippen molar-refractivity contribution in [1.29, 1.82) is 0 Å². The quantitative estimate of drug-likeness (QED) is 0.666. The van der Waals surface area contributed by atoms with Crippen molar-refractivity contribution in [2.24, 2.45) is 5.84 Å². The topological polar surface area (TPSA) is 51.2 Å². The molecule has 0 radical (unpaired) electrons. The molecule has 3 N–H and O–H groups in total. The Morgan fingerprint density at radius 3 is 2.79 bits per heavy atom. The van der Waals surface area contributed by atoms with E-state index in [-0.39, 0.29) is 6.04 Å². The highest BCUT2D eigenvalue weighted by Crippen LogP contribution is 2.26. The normalized spacial score (nSPS) is 15.5. The molecule has 0 aliphatic heterocycles. The van der Waals surface area contributed by atoms with Gasteiger partial charge in [-0.25, -0.2) is 5.43 Å². The summed E-state index contributed by atoms with van der Waals surface area (Å²) in [5.74, 6) is 6.39. The monoisotopic (exact) mass is 276 g/mol. The van der Waals surface area contributed by atoms with Crippen molar-refractivity contribution in [3.05, 3.63) is 58.0 Å². The number of nitrogens with two attached hydrogens (primary N) is 1. The summed E-state index contributed by atoms with van der Waals surface area (Å²) in [7, 11) is 0. The van der Waals surface area contributed by atoms with E-state index in [0.29, 0.717) is 5.22 Å². The maximum Gasteiger partial charge on any atom is 0.193 e. The van der Waals surface area contributed by atoms with E-state index < -0.39 is 0 Å². The van der Waals surface area contributed by atoms with E-state index in [0.717, 1.165) is 12.2 Å². The molecule has 3 nitrogen and oxygen atoms in total. The van der Waals surface area contributed by atoms with Gasteiger partial charge in [-0.05, 0) is 66.1 Å². The molecule has 1 aromatic heterocycles. The Morgan fingerprint density at radius 2 is 2.05 bits per heavy atom. The van der Waals surface area contributed by atoms with Crippen molar-refractivity contribution in [1.82, 2.24) is 5.43 Å². The Kier molecular flexibility index (Phi) is 3.60. The molecule has 1 aliphatic carbocycles. The summed E-state index contributed by atoms with van der Waals surface area (Å²) in [5, 5.41) is 0.393. The zero-order chi connectivity index (χ0) is 13.2. The Hall–Kier alpha value is -1.29. The highest BCUT2D eigenvalue weighted by atomic mass is 35.5. The second kappa shape index (κ2) is 5.37. The molecule has 4 heteroatoms. The summed E-state index contributed by atoms with van der Waals surface area (Å²) in [4.78, 5) is 0. The van der Waals surface area contributed by atoms with Gasteiger partial charge in [0.05, 0.1) is 6.04 Å². The van der Waals surface area contributed by atoms with Gasteiger partial charge in [0, 0.05) is 0 Å². The maximum absolute atomic E-state index is 5.81. The number of aryl methyl sites for hydroxylation is 2. The lowest BCUT2D eigenvalue weighted by Crippen LogP contribution is -2.29. The van der Waals surface area contributed by atoms with Crippen molar-refractivity contribution in [2.45, 2.75) is 31.7 Å². The summed E-state index contributed by atoms with van der Waals surface area (Å²) in [6.07, 6.45) is 4.47. The molecule has 2 aromatic rings. The highest BCUT2D eigenvalue weighted by molar-refractivity contribution is 6.28. The molecule has 0 spiro atoms. The number of fused-ring (bicyclic) bond motifs is 1. The van der Waals surface area contributed by atoms with Crippen LogP contribution in [0.5, 0.6) is 0 Å². The Bertz CT molecular complexity index is 579. The second-order valence-corrected chi connectivity index (χ2v) is 5.39. The van der Waals surface area contributed by atoms with Crippen LogP contribution in [0.4, 0.5) is 0 Å². The number of furan rings is 1. The standard InChI is InChI=1S/C15H17ClN2O/c16-15-7-6-14(19-15)13(18-17)9-10-4-5-11-2-1-3-12(11)8-10/h4-8,13,18H,1-3,9,17H2. The molecule has 1 unspecified atom stereocenters. The average Bonchev–Trinajstić information content (AvgIpc) is 3.04. The Labute approximate surface area is 117 Å². The molecule has 1 aromatic carbocycles. The van der Waals surface area contributed by atoms with Gasteiger partial charge < -0.3 is 4.42 Å². The third-order valence-corrected chi connectivity index (χ3v) is 3.94. The number of hydrogen-bond acceptors (Lipinski definition) is 3. The van der Waals surface area contributed by atoms with Crippen LogP contribution in [0, 0.1) is 0 Å². The van der Waals surface area contributed by atoms with Gasteiger partial charge in [-0.2, -0.15) is 0 Å². The average molecular weight is 277 g/mol. The molecule has 0 bridgehead atoms. The molecule has 0 saturated carbocycles. The van der Waals surface area contributed by atoms with Crippen molar-refractivity contribution in [2.75, 3.05) is 0 Å². The maximum atomic E-state index is 5.81. The molecule has 100 valence electrons. The first kappa shape index (κ1) is 12.7. The van der Waals surface area contributed by atoms with Crippen LogP contribution in [0.15, 0.2) is 34.7 Å². The fourth-order valence-electron chi connectivity index (χ4n) is 2.75. The zero-order valence-electron chi connectivity index (χ0n) is 10.7. The van der Waals surface area contributed by atoms with Gasteiger partial charge in [-0.1, -0.05) is 18.2 Å². The van der Waals surface area contributed by atoms with Gasteiger partial charge in [0.15, 0.2) is 5.22 Å². The number of nitrogens with one attached hydrogen (secondary N) is 1. The van der Waals surface area contributed by atoms with Crippen LogP contribution in [0.2, 0.25) is 5.22 Å². The smallest absolute Gasteiger partial charge is 0.193 e. The van der Waals surface area contributed by atoms with Crippen molar-refractivity contribution in [3.63, 3.8) is 0 Å². The van der Waals surface area contributed by atoms with Crippen molar-refractivity contribution in [3.8, 4) is 0 Å². The van der Waals surface area contributed by atoms with Crippen molar-refractivity contribution >= 4 is 11.6 Å². The lowest BCUT2D eigenvalue weighted by Gasteiger charge is -2.14. The van der Waals surface area contributed by atoms with Crippen LogP contribution in [-0.2, 0) is 19.3 Å². The molecule has 0 amide bonds. The third kappa shape index (κ3) is 2.68. The minimum Gasteiger partial charge on any atom is -0.448 e. The first-order chi connectivity index (χ1) is 9.26. The predicted molar refractivity (Wildman–Crippen MR) is 76.0 cm³/mol. The van der Waals surface area contributed by atoms with Crippen molar-refractivity contribution < 1.29 is 4.42 Å². The lowest BCUT2D eigenvalue weighted by atomic mass is 10.00. The molecule has 1 heterocycles. The number of rotatable bonds is 4.